The van der Waals surface area contributed by atoms with Crippen molar-refractivity contribution in [1.29, 1.82) is 0 Å². The Hall–Kier alpha value is -3.79. The van der Waals surface area contributed by atoms with E-state index in [1.165, 1.54) is 19.1 Å². The third-order valence-electron chi connectivity index (χ3n) is 5.25. The van der Waals surface area contributed by atoms with Gasteiger partial charge in [0.25, 0.3) is 10.0 Å². The molecule has 2 aromatic carbocycles. The van der Waals surface area contributed by atoms with Crippen LogP contribution in [0.15, 0.2) is 59.5 Å². The molecule has 0 atom stereocenters. The molecule has 0 bridgehead atoms. The Bertz CT molecular complexity index is 1420. The summed E-state index contributed by atoms with van der Waals surface area (Å²) in [4.78, 5) is 0.0115. The van der Waals surface area contributed by atoms with Crippen molar-refractivity contribution in [1.82, 2.24) is 20.0 Å². The predicted molar refractivity (Wildman–Crippen MR) is 122 cm³/mol. The average molecular weight is 468 g/mol. The van der Waals surface area contributed by atoms with Crippen LogP contribution in [0, 0.1) is 33.5 Å². The molecule has 0 amide bonds. The molecule has 0 aliphatic rings. The molecule has 0 fully saturated rings. The minimum Gasteiger partial charge on any atom is -0.438 e. The number of ether oxygens (including phenoxy) is 1. The molecule has 0 aliphatic heterocycles. The van der Waals surface area contributed by atoms with Gasteiger partial charge in [-0.2, -0.15) is 5.10 Å². The smallest absolute Gasteiger partial charge is 0.262 e. The fraction of sp³-hybridized carbons (Fsp3) is 0.174. The summed E-state index contributed by atoms with van der Waals surface area (Å²) in [6, 6.07) is 13.3. The van der Waals surface area contributed by atoms with Crippen molar-refractivity contribution in [3.63, 3.8) is 0 Å². The second-order valence-electron chi connectivity index (χ2n) is 7.58. The van der Waals surface area contributed by atoms with Gasteiger partial charge < -0.3 is 4.74 Å². The van der Waals surface area contributed by atoms with Gasteiger partial charge in [0.2, 0.25) is 5.88 Å². The van der Waals surface area contributed by atoms with Crippen LogP contribution >= 0.6 is 0 Å². The van der Waals surface area contributed by atoms with Gasteiger partial charge in [0.15, 0.2) is 5.82 Å². The zero-order valence-corrected chi connectivity index (χ0v) is 19.3. The monoisotopic (exact) mass is 467 g/mol. The summed E-state index contributed by atoms with van der Waals surface area (Å²) in [5.74, 6) is 0.832. The lowest BCUT2D eigenvalue weighted by Gasteiger charge is -2.11. The standard InChI is InChI=1S/C23H22FN5O3S/c1-14-13-18(24)5-10-21(14)33(30,31)28-19-6-8-20(9-7-19)32-23-12-11-22(25-26-23)29-17(4)15(2)16(3)27-29/h5-13,28H,1-4H3. The van der Waals surface area contributed by atoms with Gasteiger partial charge in [0, 0.05) is 17.4 Å². The Morgan fingerprint density at radius 1 is 0.939 bits per heavy atom. The number of halogens is 1. The van der Waals surface area contributed by atoms with E-state index in [0.717, 1.165) is 23.0 Å². The Labute approximate surface area is 191 Å². The molecule has 0 aliphatic carbocycles. The number of anilines is 1. The van der Waals surface area contributed by atoms with E-state index in [0.29, 0.717) is 22.8 Å². The first kappa shape index (κ1) is 22.4. The van der Waals surface area contributed by atoms with Gasteiger partial charge in [0.05, 0.1) is 10.6 Å². The summed E-state index contributed by atoms with van der Waals surface area (Å²) in [5, 5.41) is 12.7. The minimum absolute atomic E-state index is 0.0115. The third-order valence-corrected chi connectivity index (χ3v) is 6.79. The van der Waals surface area contributed by atoms with Crippen molar-refractivity contribution in [2.24, 2.45) is 0 Å². The molecule has 170 valence electrons. The van der Waals surface area contributed by atoms with Crippen molar-refractivity contribution < 1.29 is 17.5 Å². The Kier molecular flexibility index (Phi) is 5.86. The van der Waals surface area contributed by atoms with Crippen molar-refractivity contribution in [2.75, 3.05) is 4.72 Å². The number of aryl methyl sites for hydroxylation is 2. The average Bonchev–Trinajstić information content (AvgIpc) is 3.02. The normalized spacial score (nSPS) is 11.4. The summed E-state index contributed by atoms with van der Waals surface area (Å²) in [6.45, 7) is 7.45. The molecule has 1 N–H and O–H groups in total. The van der Waals surface area contributed by atoms with E-state index in [2.05, 4.69) is 20.0 Å². The van der Waals surface area contributed by atoms with Crippen molar-refractivity contribution >= 4 is 15.7 Å². The number of hydrogen-bond acceptors (Lipinski definition) is 6. The summed E-state index contributed by atoms with van der Waals surface area (Å²) >= 11 is 0. The minimum atomic E-state index is -3.86. The number of benzene rings is 2. The summed E-state index contributed by atoms with van der Waals surface area (Å²) in [5.41, 5.74) is 3.68. The van der Waals surface area contributed by atoms with Crippen LogP contribution in [0.2, 0.25) is 0 Å². The van der Waals surface area contributed by atoms with Gasteiger partial charge in [-0.25, -0.2) is 17.5 Å². The van der Waals surface area contributed by atoms with Gasteiger partial charge in [-0.1, -0.05) is 0 Å². The lowest BCUT2D eigenvalue weighted by atomic mass is 10.2. The van der Waals surface area contributed by atoms with E-state index >= 15 is 0 Å². The zero-order valence-electron chi connectivity index (χ0n) is 18.5. The van der Waals surface area contributed by atoms with E-state index in [1.54, 1.807) is 41.1 Å². The van der Waals surface area contributed by atoms with Crippen LogP contribution in [0.1, 0.15) is 22.5 Å². The number of rotatable bonds is 6. The number of nitrogens with one attached hydrogen (secondary N) is 1. The number of hydrogen-bond donors (Lipinski definition) is 1. The highest BCUT2D eigenvalue weighted by atomic mass is 32.2. The molecular weight excluding hydrogens is 445 g/mol. The highest BCUT2D eigenvalue weighted by molar-refractivity contribution is 7.92. The molecule has 0 saturated heterocycles. The molecular formula is C23H22FN5O3S. The molecule has 0 saturated carbocycles. The predicted octanol–water partition coefficient (Wildman–Crippen LogP) is 4.63. The summed E-state index contributed by atoms with van der Waals surface area (Å²) in [7, 11) is -3.86. The van der Waals surface area contributed by atoms with Crippen molar-refractivity contribution in [2.45, 2.75) is 32.6 Å². The topological polar surface area (TPSA) is 99.0 Å². The first-order chi connectivity index (χ1) is 15.6. The number of sulfonamides is 1. The molecule has 0 spiro atoms. The highest BCUT2D eigenvalue weighted by Gasteiger charge is 2.17. The lowest BCUT2D eigenvalue weighted by Crippen LogP contribution is -2.14. The van der Waals surface area contributed by atoms with Gasteiger partial charge in [-0.15, -0.1) is 10.2 Å². The second kappa shape index (κ2) is 8.62. The van der Waals surface area contributed by atoms with Crippen LogP contribution in [-0.4, -0.2) is 28.4 Å². The molecule has 2 aromatic heterocycles. The van der Waals surface area contributed by atoms with E-state index in [4.69, 9.17) is 4.74 Å². The van der Waals surface area contributed by atoms with E-state index in [1.807, 2.05) is 20.8 Å². The van der Waals surface area contributed by atoms with E-state index < -0.39 is 15.8 Å². The van der Waals surface area contributed by atoms with Crippen molar-refractivity contribution in [3.05, 3.63) is 82.9 Å². The van der Waals surface area contributed by atoms with Crippen LogP contribution in [0.4, 0.5) is 10.1 Å². The Morgan fingerprint density at radius 2 is 1.67 bits per heavy atom. The summed E-state index contributed by atoms with van der Waals surface area (Å²) < 4.78 is 48.4. The maximum Gasteiger partial charge on any atom is 0.262 e. The quantitative estimate of drug-likeness (QED) is 0.444. The molecule has 33 heavy (non-hydrogen) atoms. The van der Waals surface area contributed by atoms with Gasteiger partial charge in [-0.3, -0.25) is 4.72 Å². The van der Waals surface area contributed by atoms with Crippen LogP contribution in [0.3, 0.4) is 0 Å². The van der Waals surface area contributed by atoms with Crippen LogP contribution < -0.4 is 9.46 Å². The first-order valence-corrected chi connectivity index (χ1v) is 11.6. The second-order valence-corrected chi connectivity index (χ2v) is 9.23. The molecule has 0 radical (unpaired) electrons. The SMILES string of the molecule is Cc1cc(F)ccc1S(=O)(=O)Nc1ccc(Oc2ccc(-n3nc(C)c(C)c3C)nn2)cc1. The molecule has 4 aromatic rings. The summed E-state index contributed by atoms with van der Waals surface area (Å²) in [6.07, 6.45) is 0. The highest BCUT2D eigenvalue weighted by Crippen LogP contribution is 2.25. The zero-order chi connectivity index (χ0) is 23.8. The van der Waals surface area contributed by atoms with Crippen LogP contribution in [-0.2, 0) is 10.0 Å². The molecule has 10 heteroatoms. The lowest BCUT2D eigenvalue weighted by molar-refractivity contribution is 0.454. The van der Waals surface area contributed by atoms with Crippen molar-refractivity contribution in [3.8, 4) is 17.4 Å². The van der Waals surface area contributed by atoms with Gasteiger partial charge in [0.1, 0.15) is 11.6 Å². The van der Waals surface area contributed by atoms with Crippen LogP contribution in [0.5, 0.6) is 11.6 Å². The molecule has 0 unspecified atom stereocenters. The van der Waals surface area contributed by atoms with Gasteiger partial charge >= 0.3 is 0 Å². The third kappa shape index (κ3) is 4.70. The fourth-order valence-electron chi connectivity index (χ4n) is 3.26. The molecule has 2 heterocycles. The maximum atomic E-state index is 13.3. The van der Waals surface area contributed by atoms with Gasteiger partial charge in [-0.05, 0) is 87.4 Å². The van der Waals surface area contributed by atoms with Crippen LogP contribution in [0.25, 0.3) is 5.82 Å². The largest absolute Gasteiger partial charge is 0.438 e. The molecule has 8 nitrogen and oxygen atoms in total. The maximum absolute atomic E-state index is 13.3. The van der Waals surface area contributed by atoms with E-state index in [-0.39, 0.29) is 10.8 Å². The Balaban J connectivity index is 1.46. The van der Waals surface area contributed by atoms with E-state index in [9.17, 15) is 12.8 Å². The first-order valence-electron chi connectivity index (χ1n) is 10.1. The fourth-order valence-corrected chi connectivity index (χ4v) is 4.55. The molecule has 4 rings (SSSR count). The number of nitrogens with zero attached hydrogens (tertiary/aromatic N) is 4. The number of aromatic nitrogens is 4. The Morgan fingerprint density at radius 3 is 2.24 bits per heavy atom.